The van der Waals surface area contributed by atoms with Gasteiger partial charge in [0.1, 0.15) is 11.5 Å². The molecule has 1 aromatic carbocycles. The lowest BCUT2D eigenvalue weighted by molar-refractivity contribution is -0.158. The topological polar surface area (TPSA) is 65.0 Å². The molecule has 1 aliphatic heterocycles. The first kappa shape index (κ1) is 17.6. The van der Waals surface area contributed by atoms with Gasteiger partial charge in [0, 0.05) is 12.0 Å². The fourth-order valence-corrected chi connectivity index (χ4v) is 3.30. The van der Waals surface area contributed by atoms with Gasteiger partial charge in [0.05, 0.1) is 9.21 Å². The summed E-state index contributed by atoms with van der Waals surface area (Å²) in [6.45, 7) is 1.46. The van der Waals surface area contributed by atoms with Crippen LogP contribution in [0.1, 0.15) is 28.6 Å². The molecule has 0 unspecified atom stereocenters. The van der Waals surface area contributed by atoms with E-state index in [2.05, 4.69) is 5.16 Å². The quantitative estimate of drug-likeness (QED) is 0.583. The molecule has 0 saturated heterocycles. The summed E-state index contributed by atoms with van der Waals surface area (Å²) >= 11 is 7.21. The maximum atomic E-state index is 12.9. The van der Waals surface area contributed by atoms with Gasteiger partial charge in [-0.05, 0) is 43.3 Å². The molecule has 0 N–H and O–H groups in total. The molecule has 0 aliphatic carbocycles. The van der Waals surface area contributed by atoms with Crippen LogP contribution in [-0.2, 0) is 14.4 Å². The Kier molecular flexibility index (Phi) is 5.15. The number of thiophene rings is 1. The number of Topliss-reactive ketones (excluding diaryl/α,β-unsaturated/α-hetero) is 1. The Morgan fingerprint density at radius 3 is 2.68 bits per heavy atom. The molecule has 0 fully saturated rings. The Balaban J connectivity index is 1.57. The van der Waals surface area contributed by atoms with Crippen LogP contribution in [-0.4, -0.2) is 29.7 Å². The normalized spacial score (nSPS) is 17.6. The lowest BCUT2D eigenvalue weighted by Gasteiger charge is -2.14. The molecular formula is C17H13ClFNO4S. The van der Waals surface area contributed by atoms with Crippen LogP contribution in [0.5, 0.6) is 0 Å². The molecule has 3 rings (SSSR count). The predicted molar refractivity (Wildman–Crippen MR) is 91.6 cm³/mol. The van der Waals surface area contributed by atoms with Crippen molar-refractivity contribution in [3.8, 4) is 0 Å². The summed E-state index contributed by atoms with van der Waals surface area (Å²) in [6.07, 6.45) is -1.67. The highest BCUT2D eigenvalue weighted by Crippen LogP contribution is 2.26. The lowest BCUT2D eigenvalue weighted by Crippen LogP contribution is -2.31. The van der Waals surface area contributed by atoms with Gasteiger partial charge in [0.2, 0.25) is 11.9 Å². The van der Waals surface area contributed by atoms with Gasteiger partial charge in [-0.25, -0.2) is 9.18 Å². The highest BCUT2D eigenvalue weighted by atomic mass is 35.5. The Morgan fingerprint density at radius 1 is 1.32 bits per heavy atom. The molecule has 1 aromatic heterocycles. The Labute approximate surface area is 152 Å². The van der Waals surface area contributed by atoms with Crippen LogP contribution < -0.4 is 0 Å². The molecule has 0 bridgehead atoms. The molecule has 0 amide bonds. The number of oxime groups is 1. The minimum atomic E-state index is -1.01. The van der Waals surface area contributed by atoms with Crippen molar-refractivity contribution in [2.75, 3.05) is 0 Å². The van der Waals surface area contributed by atoms with Gasteiger partial charge >= 0.3 is 5.97 Å². The molecular weight excluding hydrogens is 369 g/mol. The van der Waals surface area contributed by atoms with Crippen LogP contribution in [0.3, 0.4) is 0 Å². The number of ether oxygens (including phenoxy) is 1. The van der Waals surface area contributed by atoms with Crippen LogP contribution in [0.25, 0.3) is 0 Å². The summed E-state index contributed by atoms with van der Waals surface area (Å²) in [6, 6.07) is 8.57. The van der Waals surface area contributed by atoms with Gasteiger partial charge in [0.15, 0.2) is 6.10 Å². The second-order valence-corrected chi connectivity index (χ2v) is 7.11. The molecule has 2 aromatic rings. The molecule has 1 aliphatic rings. The van der Waals surface area contributed by atoms with Gasteiger partial charge in [-0.3, -0.25) is 4.79 Å². The SMILES string of the molecule is C[C@H](OC(=O)[C@H]1CC(c2ccc(Cl)s2)=NO1)C(=O)c1ccc(F)cc1. The number of esters is 1. The molecule has 2 heterocycles. The monoisotopic (exact) mass is 381 g/mol. The number of carbonyl (C=O) groups is 2. The molecule has 130 valence electrons. The zero-order valence-corrected chi connectivity index (χ0v) is 14.6. The summed E-state index contributed by atoms with van der Waals surface area (Å²) in [5.41, 5.74) is 0.871. The second kappa shape index (κ2) is 7.33. The van der Waals surface area contributed by atoms with Crippen molar-refractivity contribution in [1.82, 2.24) is 0 Å². The van der Waals surface area contributed by atoms with Gasteiger partial charge in [-0.15, -0.1) is 11.3 Å². The number of benzene rings is 1. The first-order chi connectivity index (χ1) is 11.9. The average molecular weight is 382 g/mol. The largest absolute Gasteiger partial charge is 0.451 e. The third kappa shape index (κ3) is 4.05. The summed E-state index contributed by atoms with van der Waals surface area (Å²) in [4.78, 5) is 30.3. The highest BCUT2D eigenvalue weighted by molar-refractivity contribution is 7.18. The van der Waals surface area contributed by atoms with Crippen molar-refractivity contribution in [3.63, 3.8) is 0 Å². The molecule has 8 heteroatoms. The average Bonchev–Trinajstić information content (AvgIpc) is 3.23. The van der Waals surface area contributed by atoms with Crippen LogP contribution in [0.2, 0.25) is 4.34 Å². The zero-order chi connectivity index (χ0) is 18.0. The number of carbonyl (C=O) groups excluding carboxylic acids is 2. The van der Waals surface area contributed by atoms with Crippen LogP contribution >= 0.6 is 22.9 Å². The van der Waals surface area contributed by atoms with Crippen molar-refractivity contribution in [2.24, 2.45) is 5.16 Å². The van der Waals surface area contributed by atoms with Gasteiger partial charge < -0.3 is 9.57 Å². The van der Waals surface area contributed by atoms with Crippen LogP contribution in [0.4, 0.5) is 4.39 Å². The van der Waals surface area contributed by atoms with Crippen molar-refractivity contribution in [1.29, 1.82) is 0 Å². The first-order valence-corrected chi connectivity index (χ1v) is 8.62. The highest BCUT2D eigenvalue weighted by Gasteiger charge is 2.33. The van der Waals surface area contributed by atoms with Crippen molar-refractivity contribution in [3.05, 3.63) is 57.0 Å². The number of nitrogens with zero attached hydrogens (tertiary/aromatic N) is 1. The third-order valence-electron chi connectivity index (χ3n) is 3.58. The molecule has 25 heavy (non-hydrogen) atoms. The minimum Gasteiger partial charge on any atom is -0.451 e. The summed E-state index contributed by atoms with van der Waals surface area (Å²) in [7, 11) is 0. The van der Waals surface area contributed by atoms with E-state index < -0.39 is 29.8 Å². The second-order valence-electron chi connectivity index (χ2n) is 5.39. The van der Waals surface area contributed by atoms with Gasteiger partial charge in [-0.1, -0.05) is 16.8 Å². The van der Waals surface area contributed by atoms with Crippen LogP contribution in [0, 0.1) is 5.82 Å². The summed E-state index contributed by atoms with van der Waals surface area (Å²) in [5, 5.41) is 3.88. The lowest BCUT2D eigenvalue weighted by atomic mass is 10.1. The molecule has 2 atom stereocenters. The fourth-order valence-electron chi connectivity index (χ4n) is 2.27. The van der Waals surface area contributed by atoms with E-state index in [9.17, 15) is 14.0 Å². The summed E-state index contributed by atoms with van der Waals surface area (Å²) in [5.74, 6) is -1.54. The standard InChI is InChI=1S/C17H13ClFNO4S/c1-9(16(21)10-2-4-11(19)5-3-10)23-17(22)13-8-12(20-24-13)14-6-7-15(18)25-14/h2-7,9,13H,8H2,1H3/t9-,13+/m0/s1. The number of halogens is 2. The third-order valence-corrected chi connectivity index (χ3v) is 4.86. The number of hydrogen-bond donors (Lipinski definition) is 0. The van der Waals surface area contributed by atoms with E-state index in [1.165, 1.54) is 42.5 Å². The molecule has 5 nitrogen and oxygen atoms in total. The maximum absolute atomic E-state index is 12.9. The number of hydrogen-bond acceptors (Lipinski definition) is 6. The van der Waals surface area contributed by atoms with Crippen LogP contribution in [0.15, 0.2) is 41.6 Å². The van der Waals surface area contributed by atoms with E-state index in [-0.39, 0.29) is 12.0 Å². The van der Waals surface area contributed by atoms with Crippen molar-refractivity contribution < 1.29 is 23.6 Å². The predicted octanol–water partition coefficient (Wildman–Crippen LogP) is 3.85. The van der Waals surface area contributed by atoms with E-state index in [0.717, 1.165) is 4.88 Å². The smallest absolute Gasteiger partial charge is 0.351 e. The van der Waals surface area contributed by atoms with E-state index >= 15 is 0 Å². The Bertz CT molecular complexity index is 833. The fraction of sp³-hybridized carbons (Fsp3) is 0.235. The minimum absolute atomic E-state index is 0.243. The van der Waals surface area contributed by atoms with Crippen molar-refractivity contribution in [2.45, 2.75) is 25.6 Å². The van der Waals surface area contributed by atoms with E-state index in [1.807, 2.05) is 0 Å². The van der Waals surface area contributed by atoms with E-state index in [0.29, 0.717) is 10.0 Å². The number of rotatable bonds is 5. The molecule has 0 spiro atoms. The summed E-state index contributed by atoms with van der Waals surface area (Å²) < 4.78 is 18.7. The maximum Gasteiger partial charge on any atom is 0.351 e. The molecule has 0 radical (unpaired) electrons. The van der Waals surface area contributed by atoms with Gasteiger partial charge in [0.25, 0.3) is 0 Å². The van der Waals surface area contributed by atoms with E-state index in [4.69, 9.17) is 21.2 Å². The first-order valence-electron chi connectivity index (χ1n) is 7.42. The molecule has 0 saturated carbocycles. The number of ketones is 1. The van der Waals surface area contributed by atoms with E-state index in [1.54, 1.807) is 12.1 Å². The zero-order valence-electron chi connectivity index (χ0n) is 13.1. The van der Waals surface area contributed by atoms with Crippen molar-refractivity contribution >= 4 is 40.4 Å². The van der Waals surface area contributed by atoms with Gasteiger partial charge in [-0.2, -0.15) is 0 Å². The Morgan fingerprint density at radius 2 is 2.04 bits per heavy atom. The Hall–Kier alpha value is -2.25.